The number of fused-ring (bicyclic) bond motifs is 4. The molecule has 1 aromatic rings. The lowest BCUT2D eigenvalue weighted by Crippen LogP contribution is -2.60. The molecule has 8 rings (SSSR count). The number of hydrogen-bond acceptors (Lipinski definition) is 8. The molecule has 1 amide bonds. The van der Waals surface area contributed by atoms with Crippen LogP contribution in [0.2, 0.25) is 0 Å². The van der Waals surface area contributed by atoms with E-state index in [4.69, 9.17) is 14.2 Å². The Hall–Kier alpha value is -1.62. The van der Waals surface area contributed by atoms with Gasteiger partial charge in [0, 0.05) is 24.4 Å². The molecule has 4 unspecified atom stereocenters. The van der Waals surface area contributed by atoms with Gasteiger partial charge in [0.25, 0.3) is 0 Å². The normalized spacial score (nSPS) is 48.4. The maximum Gasteiger partial charge on any atom is 0.227 e. The molecule has 2 saturated heterocycles. The number of pyridine rings is 1. The van der Waals surface area contributed by atoms with Crippen LogP contribution in [0.25, 0.3) is 0 Å². The molecule has 3 N–H and O–H groups in total. The fourth-order valence-electron chi connectivity index (χ4n) is 14.1. The summed E-state index contributed by atoms with van der Waals surface area (Å²) < 4.78 is 19.7. The van der Waals surface area contributed by atoms with Gasteiger partial charge in [-0.15, -0.1) is 0 Å². The number of aliphatic hydroxyl groups excluding tert-OH is 2. The highest BCUT2D eigenvalue weighted by Gasteiger charge is 2.84. The molecule has 0 bridgehead atoms. The molecule has 278 valence electrons. The molecule has 1 aromatic heterocycles. The first kappa shape index (κ1) is 35.4. The quantitative estimate of drug-likeness (QED) is 0.375. The summed E-state index contributed by atoms with van der Waals surface area (Å²) in [4.78, 5) is 19.2. The van der Waals surface area contributed by atoms with Gasteiger partial charge in [0.1, 0.15) is 6.10 Å². The van der Waals surface area contributed by atoms with Crippen LogP contribution in [0.3, 0.4) is 0 Å². The second-order valence-electron chi connectivity index (χ2n) is 19.5. The van der Waals surface area contributed by atoms with E-state index in [2.05, 4.69) is 39.6 Å². The summed E-state index contributed by atoms with van der Waals surface area (Å²) in [6.45, 7) is 16.8. The van der Waals surface area contributed by atoms with Gasteiger partial charge in [-0.1, -0.05) is 40.7 Å². The monoisotopic (exact) mass is 694 g/mol. The lowest BCUT2D eigenvalue weighted by Gasteiger charge is -2.64. The first-order chi connectivity index (χ1) is 23.5. The standard InChI is InChI=1S/C41H62N2O7/c1-24-19-26(34(45)37(4,5)47)49-33-32(24)38(6)14-15-41-23-40(41)13-12-29(36(2,3)27(40)10-11-28(41)39(38,7)35(33)46)50-31-22-43(17-18-48-31)30(44)20-25-9-8-16-42-21-25/h8-9,16,21,24,26-29,31-35,45-47H,10-15,17-20,22-23H2,1-7H3/t24-,26?,27+,28?,29?,31+,32+,33?,34+,35+,38-,39-,40-,41+/m1/s1. The van der Waals surface area contributed by atoms with E-state index in [0.29, 0.717) is 44.4 Å². The zero-order valence-electron chi connectivity index (χ0n) is 31.4. The third kappa shape index (κ3) is 4.85. The van der Waals surface area contributed by atoms with Crippen LogP contribution in [0.1, 0.15) is 105 Å². The molecule has 14 atom stereocenters. The van der Waals surface area contributed by atoms with Crippen molar-refractivity contribution in [1.29, 1.82) is 0 Å². The maximum absolute atomic E-state index is 13.2. The van der Waals surface area contributed by atoms with Gasteiger partial charge in [0.05, 0.1) is 49.6 Å². The number of carbonyl (C=O) groups is 1. The number of carbonyl (C=O) groups excluding carboxylic acids is 1. The molecule has 9 nitrogen and oxygen atoms in total. The highest BCUT2D eigenvalue weighted by molar-refractivity contribution is 5.78. The van der Waals surface area contributed by atoms with Crippen molar-refractivity contribution in [3.8, 4) is 0 Å². The van der Waals surface area contributed by atoms with Gasteiger partial charge in [0.2, 0.25) is 5.91 Å². The SMILES string of the molecule is C[C@@H]1CC([C@H](O)C(C)(C)O)OC2[C@H]1[C@@]1(C)CC[C@@]34C[C@@]35CCC(O[C@H]3CN(C(=O)Cc6cccnc6)CCO3)C(C)(C)[C@@H]5CCC4[C@]1(C)[C@H]2O. The summed E-state index contributed by atoms with van der Waals surface area (Å²) in [7, 11) is 0. The van der Waals surface area contributed by atoms with E-state index in [1.165, 1.54) is 12.8 Å². The Balaban J connectivity index is 0.985. The van der Waals surface area contributed by atoms with Gasteiger partial charge in [-0.25, -0.2) is 0 Å². The average Bonchev–Trinajstić information content (AvgIpc) is 3.70. The minimum atomic E-state index is -1.26. The minimum absolute atomic E-state index is 0.0416. The Morgan fingerprint density at radius 2 is 1.86 bits per heavy atom. The fraction of sp³-hybridized carbons (Fsp3) is 0.854. The van der Waals surface area contributed by atoms with Crippen LogP contribution >= 0.6 is 0 Å². The lowest BCUT2D eigenvalue weighted by atomic mass is 9.41. The number of aromatic nitrogens is 1. The largest absolute Gasteiger partial charge is 0.390 e. The van der Waals surface area contributed by atoms with Crippen LogP contribution in [0.5, 0.6) is 0 Å². The lowest BCUT2D eigenvalue weighted by molar-refractivity contribution is -0.248. The zero-order valence-corrected chi connectivity index (χ0v) is 31.4. The minimum Gasteiger partial charge on any atom is -0.390 e. The van der Waals surface area contributed by atoms with E-state index >= 15 is 0 Å². The molecule has 50 heavy (non-hydrogen) atoms. The number of ether oxygens (including phenoxy) is 3. The molecule has 3 heterocycles. The number of morpholine rings is 1. The smallest absolute Gasteiger partial charge is 0.227 e. The Morgan fingerprint density at radius 1 is 1.12 bits per heavy atom. The summed E-state index contributed by atoms with van der Waals surface area (Å²) in [5.41, 5.74) is -0.222. The second kappa shape index (κ2) is 11.7. The molecular weight excluding hydrogens is 632 g/mol. The van der Waals surface area contributed by atoms with Crippen LogP contribution in [-0.4, -0.2) is 93.2 Å². The predicted octanol–water partition coefficient (Wildman–Crippen LogP) is 5.14. The van der Waals surface area contributed by atoms with E-state index in [-0.39, 0.29) is 57.0 Å². The van der Waals surface area contributed by atoms with Gasteiger partial charge in [-0.05, 0) is 122 Å². The average molecular weight is 695 g/mol. The molecular formula is C41H62N2O7. The van der Waals surface area contributed by atoms with Crippen LogP contribution in [0.4, 0.5) is 0 Å². The third-order valence-electron chi connectivity index (χ3n) is 16.6. The van der Waals surface area contributed by atoms with Crippen LogP contribution in [-0.2, 0) is 25.4 Å². The predicted molar refractivity (Wildman–Crippen MR) is 188 cm³/mol. The van der Waals surface area contributed by atoms with Gasteiger partial charge in [0.15, 0.2) is 6.29 Å². The summed E-state index contributed by atoms with van der Waals surface area (Å²) in [5, 5.41) is 34.2. The van der Waals surface area contributed by atoms with Crippen LogP contribution in [0, 0.1) is 50.7 Å². The van der Waals surface area contributed by atoms with Gasteiger partial charge in [-0.2, -0.15) is 0 Å². The topological polar surface area (TPSA) is 122 Å². The van der Waals surface area contributed by atoms with E-state index < -0.39 is 30.2 Å². The number of amides is 1. The van der Waals surface area contributed by atoms with Crippen molar-refractivity contribution < 1.29 is 34.3 Å². The van der Waals surface area contributed by atoms with E-state index in [9.17, 15) is 20.1 Å². The summed E-state index contributed by atoms with van der Waals surface area (Å²) >= 11 is 0. The third-order valence-corrected chi connectivity index (χ3v) is 16.6. The van der Waals surface area contributed by atoms with Gasteiger partial charge >= 0.3 is 0 Å². The molecule has 5 saturated carbocycles. The Kier molecular flexibility index (Phi) is 8.28. The van der Waals surface area contributed by atoms with Crippen LogP contribution < -0.4 is 0 Å². The molecule has 5 aliphatic carbocycles. The number of hydrogen-bond donors (Lipinski definition) is 3. The van der Waals surface area contributed by atoms with Crippen molar-refractivity contribution in [2.75, 3.05) is 19.7 Å². The van der Waals surface area contributed by atoms with Crippen molar-refractivity contribution in [1.82, 2.24) is 9.88 Å². The van der Waals surface area contributed by atoms with Crippen molar-refractivity contribution in [3.05, 3.63) is 30.1 Å². The Labute approximate surface area is 298 Å². The molecule has 0 radical (unpaired) electrons. The first-order valence-electron chi connectivity index (χ1n) is 19.7. The van der Waals surface area contributed by atoms with Crippen molar-refractivity contribution >= 4 is 5.91 Å². The van der Waals surface area contributed by atoms with Gasteiger partial charge < -0.3 is 34.4 Å². The number of aliphatic hydroxyl groups is 3. The number of nitrogens with zero attached hydrogens (tertiary/aromatic N) is 2. The van der Waals surface area contributed by atoms with Gasteiger partial charge in [-0.3, -0.25) is 9.78 Å². The van der Waals surface area contributed by atoms with Crippen molar-refractivity contribution in [2.24, 2.45) is 50.7 Å². The molecule has 2 aliphatic heterocycles. The van der Waals surface area contributed by atoms with E-state index in [1.807, 2.05) is 17.0 Å². The summed E-state index contributed by atoms with van der Waals surface area (Å²) in [5.74, 6) is 1.56. The molecule has 0 aromatic carbocycles. The molecule has 9 heteroatoms. The number of rotatable bonds is 6. The molecule has 7 fully saturated rings. The zero-order chi connectivity index (χ0) is 35.6. The molecule has 2 spiro atoms. The maximum atomic E-state index is 13.2. The Morgan fingerprint density at radius 3 is 2.58 bits per heavy atom. The van der Waals surface area contributed by atoms with Crippen molar-refractivity contribution in [3.63, 3.8) is 0 Å². The second-order valence-corrected chi connectivity index (χ2v) is 19.5. The van der Waals surface area contributed by atoms with Crippen LogP contribution in [0.15, 0.2) is 24.5 Å². The summed E-state index contributed by atoms with van der Waals surface area (Å²) in [6.07, 6.45) is 9.65. The fourth-order valence-corrected chi connectivity index (χ4v) is 14.1. The Bertz CT molecular complexity index is 1470. The highest BCUT2D eigenvalue weighted by Crippen LogP contribution is 2.89. The first-order valence-corrected chi connectivity index (χ1v) is 19.7. The summed E-state index contributed by atoms with van der Waals surface area (Å²) in [6, 6.07) is 3.82. The van der Waals surface area contributed by atoms with E-state index in [0.717, 1.165) is 37.7 Å². The molecule has 7 aliphatic rings. The highest BCUT2D eigenvalue weighted by atomic mass is 16.7. The van der Waals surface area contributed by atoms with E-state index in [1.54, 1.807) is 26.2 Å². The van der Waals surface area contributed by atoms with Crippen molar-refractivity contribution in [2.45, 2.75) is 149 Å².